The molecule has 3 N–H and O–H groups in total. The number of carbonyl (C=O) groups excluding carboxylic acids is 1. The number of carboxylic acid groups (broad SMARTS) is 1. The molecule has 0 heterocycles. The fourth-order valence-electron chi connectivity index (χ4n) is 1.71. The lowest BCUT2D eigenvalue weighted by atomic mass is 10.0. The third-order valence-corrected chi connectivity index (χ3v) is 2.33. The van der Waals surface area contributed by atoms with Gasteiger partial charge in [0.1, 0.15) is 6.04 Å². The number of nitrogens with one attached hydrogen (secondary N) is 2. The maximum absolute atomic E-state index is 11.6. The summed E-state index contributed by atoms with van der Waals surface area (Å²) >= 11 is 0. The van der Waals surface area contributed by atoms with E-state index in [0.717, 1.165) is 0 Å². The molecule has 0 aromatic heterocycles. The second-order valence-corrected chi connectivity index (χ2v) is 5.30. The van der Waals surface area contributed by atoms with Crippen LogP contribution in [-0.4, -0.2) is 54.7 Å². The van der Waals surface area contributed by atoms with Gasteiger partial charge in [0.15, 0.2) is 0 Å². The highest BCUT2D eigenvalue weighted by molar-refractivity contribution is 5.82. The van der Waals surface area contributed by atoms with Crippen LogP contribution in [0.3, 0.4) is 0 Å². The van der Waals surface area contributed by atoms with Gasteiger partial charge in [-0.3, -0.25) is 0 Å². The zero-order valence-corrected chi connectivity index (χ0v) is 11.9. The summed E-state index contributed by atoms with van der Waals surface area (Å²) in [4.78, 5) is 24.6. The van der Waals surface area contributed by atoms with E-state index in [0.29, 0.717) is 13.0 Å². The van der Waals surface area contributed by atoms with E-state index >= 15 is 0 Å². The topological polar surface area (TPSA) is 81.7 Å². The minimum atomic E-state index is -1.00. The highest BCUT2D eigenvalue weighted by Crippen LogP contribution is 2.04. The predicted octanol–water partition coefficient (Wildman–Crippen LogP) is 0.735. The molecule has 2 amide bonds. The Morgan fingerprint density at radius 1 is 1.17 bits per heavy atom. The largest absolute Gasteiger partial charge is 0.480 e. The fourth-order valence-corrected chi connectivity index (χ4v) is 1.71. The zero-order valence-electron chi connectivity index (χ0n) is 11.9. The number of rotatable bonds is 7. The van der Waals surface area contributed by atoms with Crippen LogP contribution in [0.15, 0.2) is 0 Å². The Morgan fingerprint density at radius 2 is 1.72 bits per heavy atom. The van der Waals surface area contributed by atoms with Crippen molar-refractivity contribution in [1.29, 1.82) is 0 Å². The molecule has 1 unspecified atom stereocenters. The van der Waals surface area contributed by atoms with Crippen molar-refractivity contribution in [1.82, 2.24) is 15.5 Å². The smallest absolute Gasteiger partial charge is 0.326 e. The Balaban J connectivity index is 4.21. The van der Waals surface area contributed by atoms with Crippen LogP contribution in [0.5, 0.6) is 0 Å². The molecule has 0 rings (SSSR count). The summed E-state index contributed by atoms with van der Waals surface area (Å²) < 4.78 is 0. The van der Waals surface area contributed by atoms with Gasteiger partial charge in [0, 0.05) is 12.6 Å². The average Bonchev–Trinajstić information content (AvgIpc) is 2.13. The number of likely N-dealkylation sites (N-methyl/N-ethyl adjacent to an activating group) is 1. The summed E-state index contributed by atoms with van der Waals surface area (Å²) in [6.45, 7) is 6.42. The number of carbonyl (C=O) groups is 2. The van der Waals surface area contributed by atoms with Crippen LogP contribution < -0.4 is 10.6 Å². The van der Waals surface area contributed by atoms with Crippen LogP contribution in [0.25, 0.3) is 0 Å². The first-order valence-corrected chi connectivity index (χ1v) is 6.17. The Kier molecular flexibility index (Phi) is 7.35. The second-order valence-electron chi connectivity index (χ2n) is 5.30. The van der Waals surface area contributed by atoms with Crippen LogP contribution in [0, 0.1) is 5.92 Å². The number of hydrogen-bond acceptors (Lipinski definition) is 3. The monoisotopic (exact) mass is 259 g/mol. The molecule has 106 valence electrons. The van der Waals surface area contributed by atoms with Gasteiger partial charge in [-0.25, -0.2) is 9.59 Å². The molecular weight excluding hydrogens is 234 g/mol. The lowest BCUT2D eigenvalue weighted by Crippen LogP contribution is -2.50. The van der Waals surface area contributed by atoms with Crippen molar-refractivity contribution in [2.45, 2.75) is 39.3 Å². The molecule has 0 spiro atoms. The number of hydrogen-bond donors (Lipinski definition) is 3. The first-order valence-electron chi connectivity index (χ1n) is 6.17. The Hall–Kier alpha value is -1.30. The lowest BCUT2D eigenvalue weighted by molar-refractivity contribution is -0.139. The van der Waals surface area contributed by atoms with E-state index in [1.54, 1.807) is 0 Å². The highest BCUT2D eigenvalue weighted by Gasteiger charge is 2.21. The minimum absolute atomic E-state index is 0.0338. The van der Waals surface area contributed by atoms with Crippen molar-refractivity contribution >= 4 is 12.0 Å². The number of aliphatic carboxylic acids is 1. The van der Waals surface area contributed by atoms with Crippen molar-refractivity contribution in [3.8, 4) is 0 Å². The van der Waals surface area contributed by atoms with Gasteiger partial charge in [0.25, 0.3) is 0 Å². The van der Waals surface area contributed by atoms with Crippen LogP contribution >= 0.6 is 0 Å². The van der Waals surface area contributed by atoms with Crippen LogP contribution in [0.4, 0.5) is 4.79 Å². The summed E-state index contributed by atoms with van der Waals surface area (Å²) in [5.41, 5.74) is 0. The maximum Gasteiger partial charge on any atom is 0.326 e. The molecule has 0 saturated heterocycles. The van der Waals surface area contributed by atoms with E-state index < -0.39 is 18.0 Å². The molecular formula is C12H25N3O3. The summed E-state index contributed by atoms with van der Waals surface area (Å²) in [7, 11) is 3.82. The predicted molar refractivity (Wildman–Crippen MR) is 70.6 cm³/mol. The molecule has 0 radical (unpaired) electrons. The van der Waals surface area contributed by atoms with Gasteiger partial charge in [-0.15, -0.1) is 0 Å². The first-order chi connectivity index (χ1) is 8.22. The van der Waals surface area contributed by atoms with Gasteiger partial charge in [0.2, 0.25) is 0 Å². The maximum atomic E-state index is 11.6. The molecule has 0 saturated carbocycles. The summed E-state index contributed by atoms with van der Waals surface area (Å²) in [5.74, 6) is -0.787. The quantitative estimate of drug-likeness (QED) is 0.629. The molecule has 18 heavy (non-hydrogen) atoms. The van der Waals surface area contributed by atoms with Gasteiger partial charge in [-0.2, -0.15) is 0 Å². The van der Waals surface area contributed by atoms with E-state index in [1.807, 2.05) is 39.8 Å². The zero-order chi connectivity index (χ0) is 14.3. The molecule has 0 aliphatic rings. The van der Waals surface area contributed by atoms with Crippen LogP contribution in [0.2, 0.25) is 0 Å². The van der Waals surface area contributed by atoms with E-state index in [2.05, 4.69) is 10.6 Å². The summed E-state index contributed by atoms with van der Waals surface area (Å²) in [6, 6.07) is -1.30. The summed E-state index contributed by atoms with van der Waals surface area (Å²) in [6.07, 6.45) is 0.421. The molecule has 0 aromatic rings. The molecule has 6 heteroatoms. The minimum Gasteiger partial charge on any atom is -0.480 e. The van der Waals surface area contributed by atoms with Gasteiger partial charge < -0.3 is 20.6 Å². The Labute approximate surface area is 109 Å². The van der Waals surface area contributed by atoms with Crippen molar-refractivity contribution in [3.63, 3.8) is 0 Å². The van der Waals surface area contributed by atoms with Crippen molar-refractivity contribution in [2.24, 2.45) is 5.92 Å². The third kappa shape index (κ3) is 7.89. The van der Waals surface area contributed by atoms with E-state index in [1.165, 1.54) is 0 Å². The van der Waals surface area contributed by atoms with E-state index in [4.69, 9.17) is 5.11 Å². The number of amides is 2. The molecule has 0 aliphatic carbocycles. The van der Waals surface area contributed by atoms with Crippen LogP contribution in [-0.2, 0) is 4.79 Å². The molecule has 0 aliphatic heterocycles. The molecule has 0 aromatic carbocycles. The second kappa shape index (κ2) is 7.92. The average molecular weight is 259 g/mol. The van der Waals surface area contributed by atoms with Gasteiger partial charge in [0.05, 0.1) is 0 Å². The van der Waals surface area contributed by atoms with Crippen LogP contribution in [0.1, 0.15) is 27.2 Å². The van der Waals surface area contributed by atoms with E-state index in [9.17, 15) is 9.59 Å². The first kappa shape index (κ1) is 16.7. The lowest BCUT2D eigenvalue weighted by Gasteiger charge is -2.21. The Morgan fingerprint density at radius 3 is 2.11 bits per heavy atom. The van der Waals surface area contributed by atoms with Gasteiger partial charge in [-0.05, 0) is 33.4 Å². The molecule has 2 atom stereocenters. The van der Waals surface area contributed by atoms with Gasteiger partial charge >= 0.3 is 12.0 Å². The fraction of sp³-hybridized carbons (Fsp3) is 0.833. The summed E-state index contributed by atoms with van der Waals surface area (Å²) in [5, 5.41) is 14.2. The van der Waals surface area contributed by atoms with Crippen molar-refractivity contribution < 1.29 is 14.7 Å². The Bertz CT molecular complexity index is 280. The van der Waals surface area contributed by atoms with E-state index in [-0.39, 0.29) is 12.0 Å². The highest BCUT2D eigenvalue weighted by atomic mass is 16.4. The number of nitrogens with zero attached hydrogens (tertiary/aromatic N) is 1. The SMILES string of the molecule is CC(C)C[C@@H](NC(=O)NC(C)CN(C)C)C(=O)O. The number of carboxylic acids is 1. The van der Waals surface area contributed by atoms with Crippen molar-refractivity contribution in [3.05, 3.63) is 0 Å². The van der Waals surface area contributed by atoms with Gasteiger partial charge in [-0.1, -0.05) is 13.8 Å². The third-order valence-electron chi connectivity index (χ3n) is 2.33. The molecule has 0 bridgehead atoms. The molecule has 0 fully saturated rings. The standard InChI is InChI=1S/C12H25N3O3/c1-8(2)6-10(11(16)17)14-12(18)13-9(3)7-15(4)5/h8-10H,6-7H2,1-5H3,(H,16,17)(H2,13,14,18)/t9?,10-/m1/s1. The van der Waals surface area contributed by atoms with Crippen molar-refractivity contribution in [2.75, 3.05) is 20.6 Å². The molecule has 6 nitrogen and oxygen atoms in total. The normalized spacial score (nSPS) is 14.4. The number of urea groups is 1.